The predicted octanol–water partition coefficient (Wildman–Crippen LogP) is 4.05. The fourth-order valence-corrected chi connectivity index (χ4v) is 4.43. The molecular weight excluding hydrogens is 392 g/mol. The van der Waals surface area contributed by atoms with Crippen molar-refractivity contribution in [3.8, 4) is 5.75 Å². The van der Waals surface area contributed by atoms with Crippen molar-refractivity contribution < 1.29 is 19.2 Å². The topological polar surface area (TPSA) is 59.1 Å². The average Bonchev–Trinajstić information content (AvgIpc) is 3.30. The van der Waals surface area contributed by atoms with E-state index in [1.54, 1.807) is 36.4 Å². The Labute approximate surface area is 180 Å². The first kappa shape index (κ1) is 19.3. The van der Waals surface area contributed by atoms with Crippen LogP contribution in [0.4, 0.5) is 11.4 Å². The second-order valence-corrected chi connectivity index (χ2v) is 7.73. The summed E-state index contributed by atoms with van der Waals surface area (Å²) in [5, 5.41) is 1.73. The number of hydrogen-bond donors (Lipinski definition) is 0. The number of carbonyl (C=O) groups is 2. The van der Waals surface area contributed by atoms with Crippen LogP contribution in [0.25, 0.3) is 0 Å². The van der Waals surface area contributed by atoms with Crippen molar-refractivity contribution in [2.75, 3.05) is 17.1 Å². The minimum absolute atomic E-state index is 0.270. The van der Waals surface area contributed by atoms with Gasteiger partial charge in [-0.2, -0.15) is 0 Å². The highest BCUT2D eigenvalue weighted by molar-refractivity contribution is 6.24. The maximum absolute atomic E-state index is 13.6. The number of imide groups is 1. The van der Waals surface area contributed by atoms with Crippen molar-refractivity contribution in [1.29, 1.82) is 0 Å². The number of hydrogen-bond acceptors (Lipinski definition) is 5. The summed E-state index contributed by atoms with van der Waals surface area (Å²) in [5.74, 6) is -0.702. The lowest BCUT2D eigenvalue weighted by Gasteiger charge is -2.29. The molecule has 3 aromatic carbocycles. The van der Waals surface area contributed by atoms with E-state index in [0.29, 0.717) is 11.4 Å². The van der Waals surface area contributed by atoms with Gasteiger partial charge >= 0.3 is 0 Å². The van der Waals surface area contributed by atoms with Crippen molar-refractivity contribution in [1.82, 2.24) is 0 Å². The van der Waals surface area contributed by atoms with Crippen LogP contribution in [0, 0.1) is 12.8 Å². The zero-order valence-corrected chi connectivity index (χ0v) is 17.3. The lowest BCUT2D eigenvalue weighted by molar-refractivity contribution is -0.126. The predicted molar refractivity (Wildman–Crippen MR) is 117 cm³/mol. The van der Waals surface area contributed by atoms with E-state index in [1.165, 1.54) is 4.90 Å². The summed E-state index contributed by atoms with van der Waals surface area (Å²) in [5.41, 5.74) is 3.26. The van der Waals surface area contributed by atoms with Crippen molar-refractivity contribution in [2.45, 2.75) is 19.1 Å². The molecular formula is C25H22N2O4. The molecule has 0 spiro atoms. The Morgan fingerprint density at radius 3 is 2.35 bits per heavy atom. The number of fused-ring (bicyclic) bond motifs is 1. The SMILES string of the molecule is COc1cccc(N2C(=O)C3ON(c4ccccc4C)C(c4ccccc4)C3C2=O)c1. The molecule has 0 aromatic heterocycles. The molecule has 2 aliphatic heterocycles. The lowest BCUT2D eigenvalue weighted by atomic mass is 9.90. The van der Waals surface area contributed by atoms with E-state index in [1.807, 2.05) is 61.5 Å². The molecule has 6 nitrogen and oxygen atoms in total. The quantitative estimate of drug-likeness (QED) is 0.603. The van der Waals surface area contributed by atoms with E-state index < -0.39 is 18.1 Å². The zero-order chi connectivity index (χ0) is 21.5. The molecule has 0 aliphatic carbocycles. The van der Waals surface area contributed by atoms with E-state index in [4.69, 9.17) is 9.57 Å². The third-order valence-electron chi connectivity index (χ3n) is 5.92. The number of para-hydroxylation sites is 1. The molecule has 2 fully saturated rings. The Balaban J connectivity index is 1.59. The van der Waals surface area contributed by atoms with Crippen LogP contribution in [-0.2, 0) is 14.4 Å². The highest BCUT2D eigenvalue weighted by Crippen LogP contribution is 2.48. The van der Waals surface area contributed by atoms with Gasteiger partial charge in [-0.25, -0.2) is 9.96 Å². The van der Waals surface area contributed by atoms with Crippen LogP contribution < -0.4 is 14.7 Å². The van der Waals surface area contributed by atoms with Gasteiger partial charge in [0.2, 0.25) is 5.91 Å². The van der Waals surface area contributed by atoms with Gasteiger partial charge in [-0.3, -0.25) is 14.4 Å². The summed E-state index contributed by atoms with van der Waals surface area (Å²) in [6.07, 6.45) is -0.886. The molecule has 0 N–H and O–H groups in total. The highest BCUT2D eigenvalue weighted by Gasteiger charge is 2.60. The molecule has 0 radical (unpaired) electrons. The molecule has 3 atom stereocenters. The Morgan fingerprint density at radius 1 is 0.871 bits per heavy atom. The molecule has 31 heavy (non-hydrogen) atoms. The summed E-state index contributed by atoms with van der Waals surface area (Å²) >= 11 is 0. The normalized spacial score (nSPS) is 22.7. The van der Waals surface area contributed by atoms with Crippen LogP contribution >= 0.6 is 0 Å². The number of carbonyl (C=O) groups excluding carboxylic acids is 2. The fraction of sp³-hybridized carbons (Fsp3) is 0.200. The molecule has 2 aliphatic rings. The van der Waals surface area contributed by atoms with Gasteiger partial charge in [0.15, 0.2) is 6.10 Å². The second-order valence-electron chi connectivity index (χ2n) is 7.73. The number of aryl methyl sites for hydroxylation is 1. The third kappa shape index (κ3) is 3.07. The largest absolute Gasteiger partial charge is 0.497 e. The Kier molecular flexibility index (Phi) is 4.71. The number of nitrogens with zero attached hydrogens (tertiary/aromatic N) is 2. The second kappa shape index (κ2) is 7.56. The molecule has 2 saturated heterocycles. The van der Waals surface area contributed by atoms with Gasteiger partial charge in [0, 0.05) is 6.07 Å². The van der Waals surface area contributed by atoms with Crippen LogP contribution in [0.2, 0.25) is 0 Å². The summed E-state index contributed by atoms with van der Waals surface area (Å²) in [4.78, 5) is 34.4. The minimum Gasteiger partial charge on any atom is -0.497 e. The van der Waals surface area contributed by atoms with Crippen LogP contribution in [0.5, 0.6) is 5.75 Å². The number of methoxy groups -OCH3 is 1. The van der Waals surface area contributed by atoms with Gasteiger partial charge in [-0.05, 0) is 36.2 Å². The number of amides is 2. The molecule has 3 unspecified atom stereocenters. The number of hydroxylamine groups is 1. The van der Waals surface area contributed by atoms with Crippen molar-refractivity contribution in [3.05, 3.63) is 90.0 Å². The monoisotopic (exact) mass is 414 g/mol. The van der Waals surface area contributed by atoms with E-state index in [2.05, 4.69) is 0 Å². The molecule has 2 amide bonds. The van der Waals surface area contributed by atoms with Gasteiger partial charge in [-0.1, -0.05) is 54.6 Å². The smallest absolute Gasteiger partial charge is 0.266 e. The molecule has 0 bridgehead atoms. The molecule has 5 rings (SSSR count). The molecule has 6 heteroatoms. The van der Waals surface area contributed by atoms with Gasteiger partial charge in [0.25, 0.3) is 5.91 Å². The van der Waals surface area contributed by atoms with E-state index >= 15 is 0 Å². The Hall–Kier alpha value is -3.64. The molecule has 3 aromatic rings. The van der Waals surface area contributed by atoms with Gasteiger partial charge in [0.05, 0.1) is 24.5 Å². The molecule has 2 heterocycles. The van der Waals surface area contributed by atoms with Crippen LogP contribution in [-0.4, -0.2) is 25.0 Å². The Morgan fingerprint density at radius 2 is 1.61 bits per heavy atom. The summed E-state index contributed by atoms with van der Waals surface area (Å²) in [6, 6.07) is 24.1. The third-order valence-corrected chi connectivity index (χ3v) is 5.92. The van der Waals surface area contributed by atoms with E-state index in [9.17, 15) is 9.59 Å². The van der Waals surface area contributed by atoms with Crippen molar-refractivity contribution >= 4 is 23.2 Å². The Bertz CT molecular complexity index is 1150. The first-order chi connectivity index (χ1) is 15.1. The van der Waals surface area contributed by atoms with Crippen LogP contribution in [0.15, 0.2) is 78.9 Å². The fourth-order valence-electron chi connectivity index (χ4n) is 4.43. The molecule has 156 valence electrons. The molecule has 0 saturated carbocycles. The number of rotatable bonds is 4. The van der Waals surface area contributed by atoms with Crippen molar-refractivity contribution in [3.63, 3.8) is 0 Å². The average molecular weight is 414 g/mol. The number of anilines is 2. The van der Waals surface area contributed by atoms with Crippen LogP contribution in [0.3, 0.4) is 0 Å². The maximum atomic E-state index is 13.6. The van der Waals surface area contributed by atoms with E-state index in [0.717, 1.165) is 16.8 Å². The first-order valence-corrected chi connectivity index (χ1v) is 10.2. The van der Waals surface area contributed by atoms with E-state index in [-0.39, 0.29) is 11.8 Å². The maximum Gasteiger partial charge on any atom is 0.266 e. The van der Waals surface area contributed by atoms with Crippen LogP contribution in [0.1, 0.15) is 17.2 Å². The first-order valence-electron chi connectivity index (χ1n) is 10.2. The highest BCUT2D eigenvalue weighted by atomic mass is 16.7. The van der Waals surface area contributed by atoms with Gasteiger partial charge in [0.1, 0.15) is 11.7 Å². The number of ether oxygens (including phenoxy) is 1. The number of benzene rings is 3. The van der Waals surface area contributed by atoms with Crippen molar-refractivity contribution in [2.24, 2.45) is 5.92 Å². The van der Waals surface area contributed by atoms with Gasteiger partial charge < -0.3 is 4.74 Å². The summed E-state index contributed by atoms with van der Waals surface area (Å²) < 4.78 is 5.27. The van der Waals surface area contributed by atoms with Gasteiger partial charge in [-0.15, -0.1) is 0 Å². The zero-order valence-electron chi connectivity index (χ0n) is 17.3. The minimum atomic E-state index is -0.886. The summed E-state index contributed by atoms with van der Waals surface area (Å²) in [7, 11) is 1.55. The standard InChI is InChI=1S/C25H22N2O4/c1-16-9-6-7-14-20(16)27-22(17-10-4-3-5-11-17)21-23(31-27)25(29)26(24(21)28)18-12-8-13-19(15-18)30-2/h3-15,21-23H,1-2H3. The summed E-state index contributed by atoms with van der Waals surface area (Å²) in [6.45, 7) is 1.99. The lowest BCUT2D eigenvalue weighted by Crippen LogP contribution is -2.37.